The van der Waals surface area contributed by atoms with Crippen LogP contribution in [0.2, 0.25) is 0 Å². The fourth-order valence-corrected chi connectivity index (χ4v) is 3.69. The normalized spacial score (nSPS) is 42.8. The predicted molar refractivity (Wildman–Crippen MR) is 63.8 cm³/mol. The molecule has 2 saturated carbocycles. The van der Waals surface area contributed by atoms with Gasteiger partial charge in [-0.05, 0) is 41.9 Å². The van der Waals surface area contributed by atoms with Crippen molar-refractivity contribution in [1.29, 1.82) is 0 Å². The number of fused-ring (bicyclic) bond motifs is 2. The van der Waals surface area contributed by atoms with Gasteiger partial charge < -0.3 is 4.74 Å². The monoisotopic (exact) mass is 210 g/mol. The van der Waals surface area contributed by atoms with Crippen LogP contribution in [0.4, 0.5) is 0 Å². The van der Waals surface area contributed by atoms with Gasteiger partial charge in [0.2, 0.25) is 0 Å². The highest BCUT2D eigenvalue weighted by molar-refractivity contribution is 5.11. The number of hydrogen-bond acceptors (Lipinski definition) is 1. The van der Waals surface area contributed by atoms with E-state index >= 15 is 0 Å². The van der Waals surface area contributed by atoms with Gasteiger partial charge in [0.05, 0.1) is 6.10 Å². The van der Waals surface area contributed by atoms with Gasteiger partial charge in [-0.1, -0.05) is 34.6 Å². The maximum Gasteiger partial charge on any atom is 0.0636 e. The van der Waals surface area contributed by atoms with Crippen LogP contribution in [0.15, 0.2) is 0 Å². The molecule has 2 bridgehead atoms. The molecule has 0 aromatic carbocycles. The Balaban J connectivity index is 2.06. The van der Waals surface area contributed by atoms with Crippen LogP contribution in [0.3, 0.4) is 0 Å². The van der Waals surface area contributed by atoms with Crippen LogP contribution in [0.5, 0.6) is 0 Å². The first-order valence-corrected chi connectivity index (χ1v) is 6.49. The molecule has 1 heteroatoms. The second-order valence-electron chi connectivity index (χ2n) is 6.83. The number of hydrogen-bond donors (Lipinski definition) is 0. The summed E-state index contributed by atoms with van der Waals surface area (Å²) in [6.45, 7) is 12.8. The smallest absolute Gasteiger partial charge is 0.0636 e. The third kappa shape index (κ3) is 1.54. The molecule has 2 aliphatic carbocycles. The lowest BCUT2D eigenvalue weighted by Gasteiger charge is -2.39. The highest BCUT2D eigenvalue weighted by atomic mass is 16.5. The minimum atomic E-state index is 0.437. The van der Waals surface area contributed by atoms with Gasteiger partial charge in [-0.25, -0.2) is 0 Å². The largest absolute Gasteiger partial charge is 0.377 e. The second kappa shape index (κ2) is 3.48. The average molecular weight is 210 g/mol. The summed E-state index contributed by atoms with van der Waals surface area (Å²) in [5.74, 6) is 1.57. The molecule has 0 heterocycles. The Morgan fingerprint density at radius 2 is 1.93 bits per heavy atom. The van der Waals surface area contributed by atoms with E-state index in [4.69, 9.17) is 4.74 Å². The summed E-state index contributed by atoms with van der Waals surface area (Å²) < 4.78 is 6.14. The summed E-state index contributed by atoms with van der Waals surface area (Å²) >= 11 is 0. The van der Waals surface area contributed by atoms with Gasteiger partial charge >= 0.3 is 0 Å². The Morgan fingerprint density at radius 1 is 1.27 bits per heavy atom. The predicted octanol–water partition coefficient (Wildman–Crippen LogP) is 3.87. The van der Waals surface area contributed by atoms with Gasteiger partial charge in [0, 0.05) is 6.61 Å². The maximum atomic E-state index is 6.14. The molecule has 2 unspecified atom stereocenters. The van der Waals surface area contributed by atoms with Crippen LogP contribution >= 0.6 is 0 Å². The van der Waals surface area contributed by atoms with Crippen molar-refractivity contribution in [3.63, 3.8) is 0 Å². The molecule has 0 amide bonds. The van der Waals surface area contributed by atoms with Gasteiger partial charge in [-0.3, -0.25) is 0 Å². The molecule has 0 spiro atoms. The molecule has 0 aromatic heterocycles. The first-order valence-electron chi connectivity index (χ1n) is 6.49. The standard InChI is InChI=1S/C14H26O/c1-10(2)9-15-12-8-11-6-7-14(12,5)13(11,3)4/h10-12H,6-9H2,1-5H3/t11?,12?,14-/m1/s1. The maximum absolute atomic E-state index is 6.14. The van der Waals surface area contributed by atoms with Crippen LogP contribution in [-0.4, -0.2) is 12.7 Å². The van der Waals surface area contributed by atoms with Crippen molar-refractivity contribution in [3.8, 4) is 0 Å². The van der Waals surface area contributed by atoms with Gasteiger partial charge in [-0.15, -0.1) is 0 Å². The van der Waals surface area contributed by atoms with Crippen LogP contribution in [0, 0.1) is 22.7 Å². The zero-order chi connectivity index (χ0) is 11.3. The third-order valence-corrected chi connectivity index (χ3v) is 5.34. The van der Waals surface area contributed by atoms with Gasteiger partial charge in [0.15, 0.2) is 0 Å². The van der Waals surface area contributed by atoms with Crippen molar-refractivity contribution < 1.29 is 4.74 Å². The minimum absolute atomic E-state index is 0.437. The summed E-state index contributed by atoms with van der Waals surface area (Å²) in [4.78, 5) is 0. The van der Waals surface area contributed by atoms with Crippen molar-refractivity contribution in [2.24, 2.45) is 22.7 Å². The van der Waals surface area contributed by atoms with Gasteiger partial charge in [0.25, 0.3) is 0 Å². The molecule has 2 rings (SSSR count). The molecule has 1 nitrogen and oxygen atoms in total. The number of rotatable bonds is 3. The summed E-state index contributed by atoms with van der Waals surface area (Å²) in [6, 6.07) is 0. The van der Waals surface area contributed by atoms with Crippen molar-refractivity contribution in [1.82, 2.24) is 0 Å². The van der Waals surface area contributed by atoms with Crippen molar-refractivity contribution >= 4 is 0 Å². The van der Waals surface area contributed by atoms with Crippen LogP contribution < -0.4 is 0 Å². The topological polar surface area (TPSA) is 9.23 Å². The van der Waals surface area contributed by atoms with E-state index in [1.54, 1.807) is 0 Å². The molecule has 0 saturated heterocycles. The zero-order valence-electron chi connectivity index (χ0n) is 11.0. The molecule has 0 aromatic rings. The Labute approximate surface area is 94.6 Å². The fourth-order valence-electron chi connectivity index (χ4n) is 3.69. The summed E-state index contributed by atoms with van der Waals surface area (Å²) in [7, 11) is 0. The van der Waals surface area contributed by atoms with E-state index in [0.29, 0.717) is 22.9 Å². The molecule has 0 aliphatic heterocycles. The lowest BCUT2D eigenvalue weighted by Crippen LogP contribution is -2.37. The highest BCUT2D eigenvalue weighted by Crippen LogP contribution is 2.66. The Hall–Kier alpha value is -0.0400. The van der Waals surface area contributed by atoms with Crippen LogP contribution in [-0.2, 0) is 4.74 Å². The lowest BCUT2D eigenvalue weighted by atomic mass is 9.70. The zero-order valence-corrected chi connectivity index (χ0v) is 11.0. The molecular weight excluding hydrogens is 184 g/mol. The second-order valence-corrected chi connectivity index (χ2v) is 6.83. The minimum Gasteiger partial charge on any atom is -0.377 e. The van der Waals surface area contributed by atoms with Crippen LogP contribution in [0.1, 0.15) is 53.9 Å². The quantitative estimate of drug-likeness (QED) is 0.687. The molecule has 0 N–H and O–H groups in total. The first kappa shape index (κ1) is 11.4. The van der Waals surface area contributed by atoms with E-state index in [1.807, 2.05) is 0 Å². The van der Waals surface area contributed by atoms with E-state index in [0.717, 1.165) is 12.5 Å². The molecule has 2 aliphatic rings. The fraction of sp³-hybridized carbons (Fsp3) is 1.00. The third-order valence-electron chi connectivity index (χ3n) is 5.34. The first-order chi connectivity index (χ1) is 6.88. The van der Waals surface area contributed by atoms with E-state index in [-0.39, 0.29) is 0 Å². The Bertz CT molecular complexity index is 244. The molecule has 3 atom stereocenters. The van der Waals surface area contributed by atoms with Crippen molar-refractivity contribution in [2.75, 3.05) is 6.61 Å². The molecule has 0 radical (unpaired) electrons. The SMILES string of the molecule is CC(C)COC1CC2CC[C@@]1(C)C2(C)C. The molecule has 2 fully saturated rings. The lowest BCUT2D eigenvalue weighted by molar-refractivity contribution is -0.0552. The van der Waals surface area contributed by atoms with Crippen molar-refractivity contribution in [3.05, 3.63) is 0 Å². The van der Waals surface area contributed by atoms with Gasteiger partial charge in [0.1, 0.15) is 0 Å². The van der Waals surface area contributed by atoms with E-state index in [9.17, 15) is 0 Å². The van der Waals surface area contributed by atoms with Crippen LogP contribution in [0.25, 0.3) is 0 Å². The van der Waals surface area contributed by atoms with E-state index in [2.05, 4.69) is 34.6 Å². The van der Waals surface area contributed by atoms with E-state index in [1.165, 1.54) is 19.3 Å². The Kier molecular flexibility index (Phi) is 2.65. The van der Waals surface area contributed by atoms with E-state index < -0.39 is 0 Å². The molecule has 15 heavy (non-hydrogen) atoms. The summed E-state index contributed by atoms with van der Waals surface area (Å²) in [6.07, 6.45) is 4.61. The average Bonchev–Trinajstić information content (AvgIpc) is 2.46. The van der Waals surface area contributed by atoms with Gasteiger partial charge in [-0.2, -0.15) is 0 Å². The molecule has 88 valence electrons. The Morgan fingerprint density at radius 3 is 2.33 bits per heavy atom. The summed E-state index contributed by atoms with van der Waals surface area (Å²) in [5, 5.41) is 0. The highest BCUT2D eigenvalue weighted by Gasteiger charge is 2.61. The summed E-state index contributed by atoms with van der Waals surface area (Å²) in [5.41, 5.74) is 0.932. The molecular formula is C14H26O. The van der Waals surface area contributed by atoms with Crippen molar-refractivity contribution in [2.45, 2.75) is 60.0 Å². The number of ether oxygens (including phenoxy) is 1.